The summed E-state index contributed by atoms with van der Waals surface area (Å²) in [6.45, 7) is 3.65. The van der Waals surface area contributed by atoms with Crippen molar-refractivity contribution in [1.29, 1.82) is 0 Å². The molecule has 2 aromatic rings. The molecule has 0 bridgehead atoms. The summed E-state index contributed by atoms with van der Waals surface area (Å²) in [4.78, 5) is 8.48. The van der Waals surface area contributed by atoms with Crippen molar-refractivity contribution in [3.05, 3.63) is 58.7 Å². The summed E-state index contributed by atoms with van der Waals surface area (Å²) >= 11 is 0. The first-order valence-corrected chi connectivity index (χ1v) is 6.51. The zero-order valence-corrected chi connectivity index (χ0v) is 11.8. The minimum Gasteiger partial charge on any atom is -0.324 e. The molecule has 0 amide bonds. The van der Waals surface area contributed by atoms with E-state index in [1.165, 1.54) is 6.07 Å². The summed E-state index contributed by atoms with van der Waals surface area (Å²) < 4.78 is 38.0. The lowest BCUT2D eigenvalue weighted by molar-refractivity contribution is -0.137. The van der Waals surface area contributed by atoms with Crippen LogP contribution in [0.5, 0.6) is 0 Å². The van der Waals surface area contributed by atoms with Crippen molar-refractivity contribution < 1.29 is 13.2 Å². The number of halogens is 3. The maximum atomic E-state index is 12.7. The maximum absolute atomic E-state index is 12.7. The van der Waals surface area contributed by atoms with Gasteiger partial charge in [-0.2, -0.15) is 13.2 Å². The average Bonchev–Trinajstić information content (AvgIpc) is 2.37. The van der Waals surface area contributed by atoms with E-state index in [2.05, 4.69) is 9.97 Å². The van der Waals surface area contributed by atoms with E-state index >= 15 is 0 Å². The van der Waals surface area contributed by atoms with Gasteiger partial charge in [0.15, 0.2) is 0 Å². The van der Waals surface area contributed by atoms with Gasteiger partial charge in [0.2, 0.25) is 0 Å². The number of alkyl halides is 3. The van der Waals surface area contributed by atoms with E-state index in [1.807, 2.05) is 13.8 Å². The first-order valence-electron chi connectivity index (χ1n) is 6.51. The molecule has 2 rings (SSSR count). The van der Waals surface area contributed by atoms with Gasteiger partial charge in [-0.1, -0.05) is 18.2 Å². The quantitative estimate of drug-likeness (QED) is 0.944. The van der Waals surface area contributed by atoms with Gasteiger partial charge in [0, 0.05) is 29.9 Å². The normalized spacial score (nSPS) is 13.2. The number of hydrogen-bond acceptors (Lipinski definition) is 3. The van der Waals surface area contributed by atoms with Crippen molar-refractivity contribution in [3.63, 3.8) is 0 Å². The standard InChI is InChI=1S/C15H16F3N3/c1-9(19)13-8-20-14(21-10(13)2)7-11-4-3-5-12(6-11)15(16,17)18/h3-6,8-9H,7,19H2,1-2H3. The molecule has 1 aromatic heterocycles. The van der Waals surface area contributed by atoms with Crippen LogP contribution < -0.4 is 5.73 Å². The molecule has 0 aliphatic carbocycles. The Morgan fingerprint density at radius 3 is 2.57 bits per heavy atom. The number of hydrogen-bond donors (Lipinski definition) is 1. The second-order valence-electron chi connectivity index (χ2n) is 4.99. The molecule has 1 atom stereocenters. The third-order valence-corrected chi connectivity index (χ3v) is 3.17. The molecule has 2 N–H and O–H groups in total. The molecule has 0 saturated carbocycles. The molecule has 112 valence electrons. The van der Waals surface area contributed by atoms with Crippen LogP contribution >= 0.6 is 0 Å². The van der Waals surface area contributed by atoms with Gasteiger partial charge in [0.25, 0.3) is 0 Å². The van der Waals surface area contributed by atoms with E-state index in [4.69, 9.17) is 5.73 Å². The predicted molar refractivity (Wildman–Crippen MR) is 73.6 cm³/mol. The smallest absolute Gasteiger partial charge is 0.324 e. The van der Waals surface area contributed by atoms with Crippen LogP contribution in [0.25, 0.3) is 0 Å². The number of nitrogens with two attached hydrogens (primary N) is 1. The molecule has 0 aliphatic rings. The van der Waals surface area contributed by atoms with E-state index in [0.717, 1.165) is 23.4 Å². The monoisotopic (exact) mass is 295 g/mol. The van der Waals surface area contributed by atoms with E-state index in [9.17, 15) is 13.2 Å². The molecule has 1 aromatic carbocycles. The summed E-state index contributed by atoms with van der Waals surface area (Å²) in [6, 6.07) is 5.02. The summed E-state index contributed by atoms with van der Waals surface area (Å²) in [6.07, 6.45) is -2.45. The fraction of sp³-hybridized carbons (Fsp3) is 0.333. The Bertz CT molecular complexity index is 636. The van der Waals surface area contributed by atoms with Crippen LogP contribution in [0.2, 0.25) is 0 Å². The Morgan fingerprint density at radius 2 is 2.00 bits per heavy atom. The van der Waals surface area contributed by atoms with Crippen molar-refractivity contribution in [3.8, 4) is 0 Å². The highest BCUT2D eigenvalue weighted by Crippen LogP contribution is 2.29. The van der Waals surface area contributed by atoms with Crippen LogP contribution in [-0.2, 0) is 12.6 Å². The Hall–Kier alpha value is -1.95. The first kappa shape index (κ1) is 15.4. The molecule has 0 radical (unpaired) electrons. The zero-order valence-electron chi connectivity index (χ0n) is 11.8. The van der Waals surface area contributed by atoms with Crippen LogP contribution in [0.1, 0.15) is 41.2 Å². The fourth-order valence-corrected chi connectivity index (χ4v) is 2.10. The van der Waals surface area contributed by atoms with E-state index in [0.29, 0.717) is 11.4 Å². The fourth-order valence-electron chi connectivity index (χ4n) is 2.10. The molecule has 0 aliphatic heterocycles. The summed E-state index contributed by atoms with van der Waals surface area (Å²) in [5.74, 6) is 0.483. The number of aryl methyl sites for hydroxylation is 1. The summed E-state index contributed by atoms with van der Waals surface area (Å²) in [5, 5.41) is 0. The van der Waals surface area contributed by atoms with Crippen LogP contribution in [0.15, 0.2) is 30.5 Å². The van der Waals surface area contributed by atoms with Crippen molar-refractivity contribution in [2.24, 2.45) is 5.73 Å². The van der Waals surface area contributed by atoms with Crippen molar-refractivity contribution in [2.75, 3.05) is 0 Å². The van der Waals surface area contributed by atoms with Crippen molar-refractivity contribution in [1.82, 2.24) is 9.97 Å². The zero-order chi connectivity index (χ0) is 15.6. The highest BCUT2D eigenvalue weighted by atomic mass is 19.4. The highest BCUT2D eigenvalue weighted by molar-refractivity contribution is 5.28. The molecular formula is C15H16F3N3. The Kier molecular flexibility index (Phi) is 4.27. The summed E-state index contributed by atoms with van der Waals surface area (Å²) in [5.41, 5.74) is 7.23. The number of aromatic nitrogens is 2. The van der Waals surface area contributed by atoms with E-state index in [-0.39, 0.29) is 12.5 Å². The average molecular weight is 295 g/mol. The minimum absolute atomic E-state index is 0.174. The molecular weight excluding hydrogens is 279 g/mol. The van der Waals surface area contributed by atoms with Crippen molar-refractivity contribution in [2.45, 2.75) is 32.5 Å². The molecule has 0 fully saturated rings. The maximum Gasteiger partial charge on any atom is 0.416 e. The van der Waals surface area contributed by atoms with Gasteiger partial charge in [-0.25, -0.2) is 9.97 Å². The topological polar surface area (TPSA) is 51.8 Å². The lowest BCUT2D eigenvalue weighted by Crippen LogP contribution is -2.11. The van der Waals surface area contributed by atoms with Crippen LogP contribution in [0.3, 0.4) is 0 Å². The predicted octanol–water partition coefficient (Wildman–Crippen LogP) is 3.41. The lowest BCUT2D eigenvalue weighted by Gasteiger charge is -2.11. The van der Waals surface area contributed by atoms with E-state index in [1.54, 1.807) is 12.3 Å². The van der Waals surface area contributed by atoms with Crippen molar-refractivity contribution >= 4 is 0 Å². The number of benzene rings is 1. The largest absolute Gasteiger partial charge is 0.416 e. The van der Waals surface area contributed by atoms with Gasteiger partial charge in [0.1, 0.15) is 5.82 Å². The molecule has 6 heteroatoms. The van der Waals surface area contributed by atoms with Gasteiger partial charge >= 0.3 is 6.18 Å². The lowest BCUT2D eigenvalue weighted by atomic mass is 10.1. The highest BCUT2D eigenvalue weighted by Gasteiger charge is 2.30. The van der Waals surface area contributed by atoms with Gasteiger partial charge in [-0.15, -0.1) is 0 Å². The summed E-state index contributed by atoms with van der Waals surface area (Å²) in [7, 11) is 0. The molecule has 0 saturated heterocycles. The van der Waals surface area contributed by atoms with Crippen LogP contribution in [-0.4, -0.2) is 9.97 Å². The Labute approximate surface area is 121 Å². The third-order valence-electron chi connectivity index (χ3n) is 3.17. The first-order chi connectivity index (χ1) is 9.77. The number of rotatable bonds is 3. The number of nitrogens with zero attached hydrogens (tertiary/aromatic N) is 2. The second kappa shape index (κ2) is 5.81. The van der Waals surface area contributed by atoms with Crippen LogP contribution in [0.4, 0.5) is 13.2 Å². The van der Waals surface area contributed by atoms with Crippen LogP contribution in [0, 0.1) is 6.92 Å². The van der Waals surface area contributed by atoms with E-state index < -0.39 is 11.7 Å². The Balaban J connectivity index is 2.25. The van der Waals surface area contributed by atoms with Gasteiger partial charge in [0.05, 0.1) is 5.56 Å². The minimum atomic E-state index is -4.34. The molecule has 1 heterocycles. The second-order valence-corrected chi connectivity index (χ2v) is 4.99. The molecule has 1 unspecified atom stereocenters. The Morgan fingerprint density at radius 1 is 1.29 bits per heavy atom. The van der Waals surface area contributed by atoms with Gasteiger partial charge in [-0.05, 0) is 25.5 Å². The SMILES string of the molecule is Cc1nc(Cc2cccc(C(F)(F)F)c2)ncc1C(C)N. The van der Waals surface area contributed by atoms with Gasteiger partial charge < -0.3 is 5.73 Å². The molecule has 21 heavy (non-hydrogen) atoms. The van der Waals surface area contributed by atoms with Gasteiger partial charge in [-0.3, -0.25) is 0 Å². The molecule has 0 spiro atoms. The molecule has 3 nitrogen and oxygen atoms in total. The third kappa shape index (κ3) is 3.78.